The zero-order chi connectivity index (χ0) is 26.4. The fraction of sp³-hybridized carbons (Fsp3) is 0.231. The van der Waals surface area contributed by atoms with Crippen LogP contribution in [0.3, 0.4) is 0 Å². The molecule has 0 saturated heterocycles. The highest BCUT2D eigenvalue weighted by Crippen LogP contribution is 2.37. The molecule has 4 rings (SSSR count). The zero-order valence-electron chi connectivity index (χ0n) is 19.9. The van der Waals surface area contributed by atoms with E-state index in [4.69, 9.17) is 26.0 Å². The van der Waals surface area contributed by atoms with Gasteiger partial charge in [-0.2, -0.15) is 0 Å². The van der Waals surface area contributed by atoms with Gasteiger partial charge in [-0.05, 0) is 49.2 Å². The van der Waals surface area contributed by atoms with E-state index in [-0.39, 0.29) is 29.4 Å². The Labute approximate surface area is 216 Å². The molecule has 0 aliphatic carbocycles. The molecule has 0 atom stereocenters. The summed E-state index contributed by atoms with van der Waals surface area (Å²) in [6.07, 6.45) is 3.69. The molecular formula is C26H24ClFN4O5. The van der Waals surface area contributed by atoms with Crippen LogP contribution in [-0.2, 0) is 4.79 Å². The Hall–Kier alpha value is -4.02. The normalized spacial score (nSPS) is 10.9. The third-order valence-corrected chi connectivity index (χ3v) is 6.01. The SMILES string of the molecule is COc1cc2ncnc(Nc3ccc(F)c(Cl)c3)c2cc1-c1ccc(C(=O)CCCCCC(=O)NO)o1. The van der Waals surface area contributed by atoms with Crippen LogP contribution in [-0.4, -0.2) is 34.0 Å². The molecule has 3 N–H and O–H groups in total. The number of hydrogen-bond acceptors (Lipinski definition) is 8. The number of rotatable bonds is 11. The second-order valence-electron chi connectivity index (χ2n) is 8.23. The maximum absolute atomic E-state index is 13.6. The summed E-state index contributed by atoms with van der Waals surface area (Å²) in [5.41, 5.74) is 3.33. The lowest BCUT2D eigenvalue weighted by atomic mass is 10.1. The van der Waals surface area contributed by atoms with Gasteiger partial charge in [0, 0.05) is 30.0 Å². The third-order valence-electron chi connectivity index (χ3n) is 5.72. The molecule has 11 heteroatoms. The number of hydroxylamine groups is 1. The number of halogens is 2. The molecule has 0 fully saturated rings. The van der Waals surface area contributed by atoms with Crippen LogP contribution in [0, 0.1) is 5.82 Å². The molecule has 37 heavy (non-hydrogen) atoms. The molecule has 1 amide bonds. The van der Waals surface area contributed by atoms with Gasteiger partial charge < -0.3 is 14.5 Å². The molecule has 9 nitrogen and oxygen atoms in total. The van der Waals surface area contributed by atoms with Crippen LogP contribution in [0.4, 0.5) is 15.9 Å². The summed E-state index contributed by atoms with van der Waals surface area (Å²) < 4.78 is 25.0. The molecular weight excluding hydrogens is 503 g/mol. The number of methoxy groups -OCH3 is 1. The van der Waals surface area contributed by atoms with Crippen molar-refractivity contribution in [2.45, 2.75) is 32.1 Å². The van der Waals surface area contributed by atoms with E-state index in [9.17, 15) is 14.0 Å². The average Bonchev–Trinajstić information content (AvgIpc) is 3.40. The maximum atomic E-state index is 13.6. The first kappa shape index (κ1) is 26.1. The van der Waals surface area contributed by atoms with Crippen LogP contribution in [0.1, 0.15) is 42.7 Å². The molecule has 2 aromatic heterocycles. The Morgan fingerprint density at radius 1 is 1.08 bits per heavy atom. The highest BCUT2D eigenvalue weighted by atomic mass is 35.5. The summed E-state index contributed by atoms with van der Waals surface area (Å²) in [5, 5.41) is 12.3. The summed E-state index contributed by atoms with van der Waals surface area (Å²) in [7, 11) is 1.53. The van der Waals surface area contributed by atoms with E-state index in [2.05, 4.69) is 15.3 Å². The first-order valence-corrected chi connectivity index (χ1v) is 11.9. The topological polar surface area (TPSA) is 127 Å². The van der Waals surface area contributed by atoms with Crippen LogP contribution in [0.5, 0.6) is 5.75 Å². The maximum Gasteiger partial charge on any atom is 0.243 e. The molecule has 0 radical (unpaired) electrons. The Morgan fingerprint density at radius 2 is 1.89 bits per heavy atom. The summed E-state index contributed by atoms with van der Waals surface area (Å²) in [4.78, 5) is 32.3. The van der Waals surface area contributed by atoms with Crippen molar-refractivity contribution in [3.63, 3.8) is 0 Å². The van der Waals surface area contributed by atoms with Gasteiger partial charge in [-0.15, -0.1) is 0 Å². The number of anilines is 2. The monoisotopic (exact) mass is 526 g/mol. The van der Waals surface area contributed by atoms with Crippen LogP contribution in [0.25, 0.3) is 22.2 Å². The standard InChI is InChI=1S/C26H24ClFN4O5/c1-36-24-13-20-16(26(30-14-29-20)31-15-7-8-19(28)18(27)11-15)12-17(24)22-9-10-23(37-22)21(33)5-3-2-4-6-25(34)32-35/h7-14,35H,2-6H2,1H3,(H,32,34)(H,29,30,31). The number of Topliss-reactive ketones (excluding diaryl/α,β-unsaturated/α-hetero) is 1. The van der Waals surface area contributed by atoms with E-state index < -0.39 is 11.7 Å². The molecule has 192 valence electrons. The lowest BCUT2D eigenvalue weighted by Crippen LogP contribution is -2.17. The highest BCUT2D eigenvalue weighted by Gasteiger charge is 2.18. The number of ketones is 1. The van der Waals surface area contributed by atoms with Gasteiger partial charge in [0.25, 0.3) is 0 Å². The minimum absolute atomic E-state index is 0.0193. The Kier molecular flexibility index (Phi) is 8.32. The van der Waals surface area contributed by atoms with E-state index in [0.717, 1.165) is 0 Å². The predicted octanol–water partition coefficient (Wildman–Crippen LogP) is 6.07. The smallest absolute Gasteiger partial charge is 0.243 e. The number of unbranched alkanes of at least 4 members (excludes halogenated alkanes) is 2. The van der Waals surface area contributed by atoms with Gasteiger partial charge in [0.2, 0.25) is 5.91 Å². The van der Waals surface area contributed by atoms with Crippen molar-refractivity contribution in [3.05, 3.63) is 65.4 Å². The Bertz CT molecular complexity index is 1440. The van der Waals surface area contributed by atoms with Crippen LogP contribution in [0.15, 0.2) is 53.2 Å². The summed E-state index contributed by atoms with van der Waals surface area (Å²) >= 11 is 5.91. The molecule has 0 unspecified atom stereocenters. The number of benzene rings is 2. The quantitative estimate of drug-likeness (QED) is 0.0929. The van der Waals surface area contributed by atoms with E-state index in [0.29, 0.717) is 58.7 Å². The summed E-state index contributed by atoms with van der Waals surface area (Å²) in [5.74, 6) is 0.485. The van der Waals surface area contributed by atoms with Crippen LogP contribution < -0.4 is 15.5 Å². The third kappa shape index (κ3) is 6.22. The van der Waals surface area contributed by atoms with Gasteiger partial charge in [-0.25, -0.2) is 19.8 Å². The van der Waals surface area contributed by atoms with Crippen LogP contribution >= 0.6 is 11.6 Å². The lowest BCUT2D eigenvalue weighted by Gasteiger charge is -2.12. The van der Waals surface area contributed by atoms with Crippen molar-refractivity contribution < 1.29 is 28.3 Å². The fourth-order valence-corrected chi connectivity index (χ4v) is 4.00. The predicted molar refractivity (Wildman–Crippen MR) is 136 cm³/mol. The van der Waals surface area contributed by atoms with Gasteiger partial charge in [0.1, 0.15) is 29.5 Å². The number of carbonyl (C=O) groups is 2. The lowest BCUT2D eigenvalue weighted by molar-refractivity contribution is -0.129. The molecule has 2 heterocycles. The van der Waals surface area contributed by atoms with E-state index in [1.807, 2.05) is 0 Å². The molecule has 0 aliphatic heterocycles. The average molecular weight is 527 g/mol. The summed E-state index contributed by atoms with van der Waals surface area (Å²) in [6.45, 7) is 0. The first-order chi connectivity index (χ1) is 17.9. The number of furan rings is 1. The molecule has 0 saturated carbocycles. The largest absolute Gasteiger partial charge is 0.496 e. The molecule has 0 spiro atoms. The molecule has 0 bridgehead atoms. The van der Waals surface area contributed by atoms with Gasteiger partial charge in [0.05, 0.1) is 23.2 Å². The molecule has 4 aromatic rings. The highest BCUT2D eigenvalue weighted by molar-refractivity contribution is 6.31. The van der Waals surface area contributed by atoms with Gasteiger partial charge in [0.15, 0.2) is 11.5 Å². The first-order valence-electron chi connectivity index (χ1n) is 11.5. The number of nitrogens with one attached hydrogen (secondary N) is 2. The van der Waals surface area contributed by atoms with Gasteiger partial charge in [-0.1, -0.05) is 18.0 Å². The van der Waals surface area contributed by atoms with E-state index in [1.54, 1.807) is 35.8 Å². The van der Waals surface area contributed by atoms with E-state index >= 15 is 0 Å². The Morgan fingerprint density at radius 3 is 2.65 bits per heavy atom. The number of aromatic nitrogens is 2. The van der Waals surface area contributed by atoms with Crippen molar-refractivity contribution in [1.29, 1.82) is 0 Å². The second-order valence-corrected chi connectivity index (χ2v) is 8.64. The number of carbonyl (C=O) groups excluding carboxylic acids is 2. The molecule has 2 aromatic carbocycles. The minimum atomic E-state index is -0.524. The van der Waals surface area contributed by atoms with Crippen molar-refractivity contribution in [2.75, 3.05) is 12.4 Å². The Balaban J connectivity index is 1.55. The number of amides is 1. The second kappa shape index (κ2) is 11.8. The molecule has 0 aliphatic rings. The van der Waals surface area contributed by atoms with Crippen molar-refractivity contribution in [3.8, 4) is 17.1 Å². The van der Waals surface area contributed by atoms with E-state index in [1.165, 1.54) is 25.6 Å². The van der Waals surface area contributed by atoms with Gasteiger partial charge in [-0.3, -0.25) is 14.8 Å². The summed E-state index contributed by atoms with van der Waals surface area (Å²) in [6, 6.07) is 11.1. The number of fused-ring (bicyclic) bond motifs is 1. The zero-order valence-corrected chi connectivity index (χ0v) is 20.6. The van der Waals surface area contributed by atoms with Crippen molar-refractivity contribution >= 4 is 45.7 Å². The minimum Gasteiger partial charge on any atom is -0.496 e. The van der Waals surface area contributed by atoms with Crippen molar-refractivity contribution in [1.82, 2.24) is 15.4 Å². The number of ether oxygens (including phenoxy) is 1. The van der Waals surface area contributed by atoms with Gasteiger partial charge >= 0.3 is 0 Å². The number of hydrogen-bond donors (Lipinski definition) is 3. The van der Waals surface area contributed by atoms with Crippen molar-refractivity contribution in [2.24, 2.45) is 0 Å². The van der Waals surface area contributed by atoms with Crippen LogP contribution in [0.2, 0.25) is 5.02 Å². The fourth-order valence-electron chi connectivity index (χ4n) is 3.82. The number of nitrogens with zero attached hydrogens (tertiary/aromatic N) is 2.